The molecule has 7 nitrogen and oxygen atoms in total. The number of aromatic nitrogens is 4. The van der Waals surface area contributed by atoms with Crippen LogP contribution in [-0.2, 0) is 6.61 Å². The van der Waals surface area contributed by atoms with Gasteiger partial charge in [0.1, 0.15) is 5.75 Å². The van der Waals surface area contributed by atoms with Crippen molar-refractivity contribution in [3.63, 3.8) is 0 Å². The quantitative estimate of drug-likeness (QED) is 0.403. The van der Waals surface area contributed by atoms with Gasteiger partial charge in [-0.3, -0.25) is 4.98 Å². The Hall–Kier alpha value is -3.29. The van der Waals surface area contributed by atoms with Crippen molar-refractivity contribution in [1.29, 1.82) is 0 Å². The number of hydrogen-bond acceptors (Lipinski definition) is 6. The third-order valence-corrected chi connectivity index (χ3v) is 5.33. The first-order valence-corrected chi connectivity index (χ1v) is 11.1. The molecular weight excluding hydrogens is 402 g/mol. The van der Waals surface area contributed by atoms with E-state index in [2.05, 4.69) is 23.9 Å². The number of aliphatic hydroxyl groups is 1. The van der Waals surface area contributed by atoms with Crippen molar-refractivity contribution in [2.24, 2.45) is 5.73 Å². The molecule has 0 saturated carbocycles. The Morgan fingerprint density at radius 2 is 1.91 bits per heavy atom. The van der Waals surface area contributed by atoms with Crippen molar-refractivity contribution in [2.45, 2.75) is 45.8 Å². The Balaban J connectivity index is 1.85. The first-order chi connectivity index (χ1) is 15.6. The standard InChI is InChI=1S/C25H29N5O2/c1-3-7-20(26)22-10-6-9-21(29-22)17-13-23-19(24(14-17)32-12-4-2)15-27-30(23)25-11-5-8-18(16-31)28-25/h5-6,8-11,13-15,20,31H,3-4,7,12,16,26H2,1-2H3/t20-/m0/s1. The summed E-state index contributed by atoms with van der Waals surface area (Å²) in [6, 6.07) is 15.4. The molecule has 0 aliphatic rings. The van der Waals surface area contributed by atoms with Gasteiger partial charge in [0, 0.05) is 11.6 Å². The minimum atomic E-state index is -0.127. The normalized spacial score (nSPS) is 12.2. The molecule has 0 amide bonds. The molecule has 32 heavy (non-hydrogen) atoms. The number of hydrogen-bond donors (Lipinski definition) is 2. The van der Waals surface area contributed by atoms with Crippen LogP contribution in [0.3, 0.4) is 0 Å². The van der Waals surface area contributed by atoms with E-state index in [1.807, 2.05) is 42.5 Å². The fourth-order valence-electron chi connectivity index (χ4n) is 3.71. The van der Waals surface area contributed by atoms with Crippen LogP contribution in [0.15, 0.2) is 54.7 Å². The molecule has 1 atom stereocenters. The van der Waals surface area contributed by atoms with Crippen LogP contribution in [0.1, 0.15) is 50.5 Å². The lowest BCUT2D eigenvalue weighted by molar-refractivity contribution is 0.276. The topological polar surface area (TPSA) is 99.1 Å². The molecule has 0 radical (unpaired) electrons. The second kappa shape index (κ2) is 9.89. The van der Waals surface area contributed by atoms with Gasteiger partial charge in [-0.2, -0.15) is 5.10 Å². The second-order valence-electron chi connectivity index (χ2n) is 7.80. The number of aliphatic hydroxyl groups excluding tert-OH is 1. The largest absolute Gasteiger partial charge is 0.493 e. The van der Waals surface area contributed by atoms with E-state index >= 15 is 0 Å². The SMILES string of the molecule is CCCOc1cc(-c2cccc([C@@H](N)CCC)n2)cc2c1cnn2-c1cccc(CO)n1. The average Bonchev–Trinajstić information content (AvgIpc) is 3.27. The van der Waals surface area contributed by atoms with Gasteiger partial charge in [0.25, 0.3) is 0 Å². The number of nitrogens with zero attached hydrogens (tertiary/aromatic N) is 4. The van der Waals surface area contributed by atoms with Crippen LogP contribution in [0.25, 0.3) is 28.0 Å². The lowest BCUT2D eigenvalue weighted by Crippen LogP contribution is -2.11. The highest BCUT2D eigenvalue weighted by Gasteiger charge is 2.15. The van der Waals surface area contributed by atoms with E-state index in [0.29, 0.717) is 18.1 Å². The van der Waals surface area contributed by atoms with Gasteiger partial charge in [-0.1, -0.05) is 32.4 Å². The van der Waals surface area contributed by atoms with Crippen LogP contribution in [0.5, 0.6) is 5.75 Å². The van der Waals surface area contributed by atoms with Gasteiger partial charge in [-0.25, -0.2) is 9.67 Å². The second-order valence-corrected chi connectivity index (χ2v) is 7.80. The van der Waals surface area contributed by atoms with Gasteiger partial charge < -0.3 is 15.6 Å². The highest BCUT2D eigenvalue weighted by molar-refractivity contribution is 5.90. The molecular formula is C25H29N5O2. The van der Waals surface area contributed by atoms with Crippen LogP contribution >= 0.6 is 0 Å². The molecule has 0 unspecified atom stereocenters. The van der Waals surface area contributed by atoms with Crippen LogP contribution < -0.4 is 10.5 Å². The maximum absolute atomic E-state index is 9.49. The van der Waals surface area contributed by atoms with Crippen LogP contribution in [0, 0.1) is 0 Å². The third kappa shape index (κ3) is 4.49. The molecule has 4 aromatic rings. The Morgan fingerprint density at radius 1 is 1.06 bits per heavy atom. The van der Waals surface area contributed by atoms with Crippen molar-refractivity contribution in [3.8, 4) is 22.8 Å². The molecule has 1 aromatic carbocycles. The number of fused-ring (bicyclic) bond motifs is 1. The number of pyridine rings is 2. The fraction of sp³-hybridized carbons (Fsp3) is 0.320. The molecule has 166 valence electrons. The van der Waals surface area contributed by atoms with E-state index < -0.39 is 0 Å². The number of rotatable bonds is 9. The highest BCUT2D eigenvalue weighted by Crippen LogP contribution is 2.33. The fourth-order valence-corrected chi connectivity index (χ4v) is 3.71. The summed E-state index contributed by atoms with van der Waals surface area (Å²) in [5.74, 6) is 1.39. The van der Waals surface area contributed by atoms with Crippen molar-refractivity contribution in [2.75, 3.05) is 6.61 Å². The molecule has 0 fully saturated rings. The van der Waals surface area contributed by atoms with Crippen LogP contribution in [0.4, 0.5) is 0 Å². The predicted molar refractivity (Wildman–Crippen MR) is 126 cm³/mol. The van der Waals surface area contributed by atoms with E-state index in [1.54, 1.807) is 16.9 Å². The molecule has 0 saturated heterocycles. The number of nitrogens with two attached hydrogens (primary N) is 1. The summed E-state index contributed by atoms with van der Waals surface area (Å²) >= 11 is 0. The third-order valence-electron chi connectivity index (χ3n) is 5.33. The minimum Gasteiger partial charge on any atom is -0.493 e. The molecule has 4 rings (SSSR count). The Labute approximate surface area is 187 Å². The van der Waals surface area contributed by atoms with E-state index in [9.17, 15) is 5.11 Å². The maximum Gasteiger partial charge on any atom is 0.154 e. The molecule has 7 heteroatoms. The molecule has 3 heterocycles. The maximum atomic E-state index is 9.49. The molecule has 0 aliphatic carbocycles. The Bertz CT molecular complexity index is 1200. The monoisotopic (exact) mass is 431 g/mol. The Morgan fingerprint density at radius 3 is 2.69 bits per heavy atom. The summed E-state index contributed by atoms with van der Waals surface area (Å²) < 4.78 is 7.84. The lowest BCUT2D eigenvalue weighted by Gasteiger charge is -2.13. The van der Waals surface area contributed by atoms with Crippen molar-refractivity contribution < 1.29 is 9.84 Å². The van der Waals surface area contributed by atoms with Crippen molar-refractivity contribution in [1.82, 2.24) is 19.7 Å². The summed E-state index contributed by atoms with van der Waals surface area (Å²) in [5.41, 5.74) is 10.4. The van der Waals surface area contributed by atoms with Gasteiger partial charge in [0.15, 0.2) is 5.82 Å². The van der Waals surface area contributed by atoms with E-state index in [0.717, 1.165) is 52.9 Å². The summed E-state index contributed by atoms with van der Waals surface area (Å²) in [6.07, 6.45) is 4.59. The zero-order chi connectivity index (χ0) is 22.5. The van der Waals surface area contributed by atoms with Gasteiger partial charge in [0.05, 0.1) is 47.4 Å². The Kier molecular flexibility index (Phi) is 6.78. The zero-order valence-electron chi connectivity index (χ0n) is 18.5. The molecule has 0 spiro atoms. The van der Waals surface area contributed by atoms with Gasteiger partial charge >= 0.3 is 0 Å². The number of benzene rings is 1. The van der Waals surface area contributed by atoms with Crippen LogP contribution in [-0.4, -0.2) is 31.5 Å². The summed E-state index contributed by atoms with van der Waals surface area (Å²) in [7, 11) is 0. The smallest absolute Gasteiger partial charge is 0.154 e. The van der Waals surface area contributed by atoms with E-state index in [4.69, 9.17) is 15.5 Å². The minimum absolute atomic E-state index is 0.0876. The molecule has 0 bridgehead atoms. The zero-order valence-corrected chi connectivity index (χ0v) is 18.5. The average molecular weight is 432 g/mol. The first kappa shape index (κ1) is 21.9. The van der Waals surface area contributed by atoms with Gasteiger partial charge in [-0.05, 0) is 49.2 Å². The summed E-state index contributed by atoms with van der Waals surface area (Å²) in [5, 5.41) is 15.0. The number of ether oxygens (including phenoxy) is 1. The van der Waals surface area contributed by atoms with Gasteiger partial charge in [-0.15, -0.1) is 0 Å². The molecule has 3 aromatic heterocycles. The van der Waals surface area contributed by atoms with Crippen LogP contribution in [0.2, 0.25) is 0 Å². The summed E-state index contributed by atoms with van der Waals surface area (Å²) in [6.45, 7) is 4.68. The predicted octanol–water partition coefficient (Wildman–Crippen LogP) is 4.56. The lowest BCUT2D eigenvalue weighted by atomic mass is 10.1. The molecule has 3 N–H and O–H groups in total. The van der Waals surface area contributed by atoms with Crippen molar-refractivity contribution in [3.05, 3.63) is 66.1 Å². The van der Waals surface area contributed by atoms with Crippen molar-refractivity contribution >= 4 is 10.9 Å². The highest BCUT2D eigenvalue weighted by atomic mass is 16.5. The van der Waals surface area contributed by atoms with E-state index in [1.165, 1.54) is 0 Å². The first-order valence-electron chi connectivity index (χ1n) is 11.1. The van der Waals surface area contributed by atoms with E-state index in [-0.39, 0.29) is 12.6 Å². The summed E-state index contributed by atoms with van der Waals surface area (Å²) in [4.78, 5) is 9.36. The van der Waals surface area contributed by atoms with Gasteiger partial charge in [0.2, 0.25) is 0 Å². The molecule has 0 aliphatic heterocycles.